The van der Waals surface area contributed by atoms with Gasteiger partial charge in [-0.25, -0.2) is 13.5 Å². The number of carboxylic acid groups (broad SMARTS) is 1. The molecule has 0 radical (unpaired) electrons. The number of alkyl halides is 1. The topological polar surface area (TPSA) is 114 Å². The van der Waals surface area contributed by atoms with Crippen molar-refractivity contribution < 1.29 is 28.2 Å². The number of halogens is 2. The smallest absolute Gasteiger partial charge is 0.305 e. The number of aromatic nitrogens is 2. The van der Waals surface area contributed by atoms with Gasteiger partial charge in [-0.1, -0.05) is 13.8 Å². The van der Waals surface area contributed by atoms with Crippen LogP contribution in [0.5, 0.6) is 5.75 Å². The monoisotopic (exact) mass is 638 g/mol. The van der Waals surface area contributed by atoms with Gasteiger partial charge in [-0.2, -0.15) is 5.10 Å². The minimum atomic E-state index is -1.22. The van der Waals surface area contributed by atoms with Gasteiger partial charge in [0.2, 0.25) is 5.91 Å². The zero-order valence-electron chi connectivity index (χ0n) is 27.6. The molecule has 248 valence electrons. The number of carbonyl (C=O) groups excluding carboxylic acids is 1. The number of hydrogen-bond donors (Lipinski definition) is 2. The van der Waals surface area contributed by atoms with Gasteiger partial charge in [0.15, 0.2) is 0 Å². The fraction of sp³-hybridized carbons (Fsp3) is 0.486. The lowest BCUT2D eigenvalue weighted by atomic mass is 9.90. The summed E-state index contributed by atoms with van der Waals surface area (Å²) >= 11 is 0. The van der Waals surface area contributed by atoms with Crippen LogP contribution in [-0.4, -0.2) is 64.6 Å². The maximum atomic E-state index is 15.8. The number of amides is 1. The van der Waals surface area contributed by atoms with E-state index in [0.29, 0.717) is 54.2 Å². The molecule has 0 aliphatic carbocycles. The Morgan fingerprint density at radius 1 is 1.04 bits per heavy atom. The van der Waals surface area contributed by atoms with Crippen molar-refractivity contribution >= 4 is 11.9 Å². The van der Waals surface area contributed by atoms with Gasteiger partial charge in [0, 0.05) is 37.7 Å². The number of ether oxygens (including phenoxy) is 1. The summed E-state index contributed by atoms with van der Waals surface area (Å²) in [6.07, 6.45) is -0.701. The number of nitrogens with zero attached hydrogens (tertiary/aromatic N) is 3. The van der Waals surface area contributed by atoms with Crippen LogP contribution in [0.25, 0.3) is 11.1 Å². The zero-order chi connectivity index (χ0) is 33.9. The molecule has 1 fully saturated rings. The van der Waals surface area contributed by atoms with Gasteiger partial charge in [-0.15, -0.1) is 0 Å². The SMILES string of the molecule is COc1cc(C)c(-c2cc(C)c(F)c(C(CC(=O)O)NC(=O)C(CC(C)C)n3nc(CCN4CC(F)C4)c(C)cc3=O)c2)c(C)c1. The predicted molar refractivity (Wildman–Crippen MR) is 173 cm³/mol. The van der Waals surface area contributed by atoms with Crippen LogP contribution in [0, 0.1) is 39.4 Å². The number of benzene rings is 2. The molecule has 2 atom stereocenters. The number of aryl methyl sites for hydroxylation is 4. The van der Waals surface area contributed by atoms with Crippen molar-refractivity contribution in [2.75, 3.05) is 26.7 Å². The molecule has 1 saturated heterocycles. The van der Waals surface area contributed by atoms with E-state index < -0.39 is 47.9 Å². The number of aliphatic carboxylic acids is 1. The molecule has 0 saturated carbocycles. The highest BCUT2D eigenvalue weighted by atomic mass is 19.1. The molecule has 2 aromatic carbocycles. The van der Waals surface area contributed by atoms with Crippen LogP contribution in [0.1, 0.15) is 72.3 Å². The van der Waals surface area contributed by atoms with Crippen molar-refractivity contribution in [2.24, 2.45) is 5.92 Å². The number of carboxylic acids is 1. The Morgan fingerprint density at radius 2 is 1.70 bits per heavy atom. The van der Waals surface area contributed by atoms with E-state index in [-0.39, 0.29) is 17.9 Å². The standard InChI is InChI=1S/C35H44F2N4O5/c1-19(2)10-30(41-31(42)14-20(3)28(39-41)8-9-40-17-25(36)18-40)35(45)38-29(16-32(43)44)27-15-24(11-23(6)34(27)37)33-21(4)12-26(46-7)13-22(33)5/h11-15,19,25,29-30H,8-10,16-18H2,1-7H3,(H,38,45)(H,43,44). The average molecular weight is 639 g/mol. The molecule has 2 heterocycles. The van der Waals surface area contributed by atoms with Gasteiger partial charge < -0.3 is 15.2 Å². The molecule has 2 unspecified atom stereocenters. The summed E-state index contributed by atoms with van der Waals surface area (Å²) in [4.78, 5) is 41.2. The van der Waals surface area contributed by atoms with Crippen molar-refractivity contribution in [1.29, 1.82) is 0 Å². The second-order valence-corrected chi connectivity index (χ2v) is 12.8. The number of methoxy groups -OCH3 is 1. The second kappa shape index (κ2) is 14.5. The lowest BCUT2D eigenvalue weighted by molar-refractivity contribution is -0.138. The molecular weight excluding hydrogens is 594 g/mol. The van der Waals surface area contributed by atoms with Crippen LogP contribution in [-0.2, 0) is 16.0 Å². The number of carbonyl (C=O) groups is 2. The van der Waals surface area contributed by atoms with Gasteiger partial charge >= 0.3 is 5.97 Å². The molecule has 46 heavy (non-hydrogen) atoms. The Kier molecular flexibility index (Phi) is 11.0. The summed E-state index contributed by atoms with van der Waals surface area (Å²) in [6.45, 7) is 12.3. The largest absolute Gasteiger partial charge is 0.497 e. The third-order valence-corrected chi connectivity index (χ3v) is 8.50. The lowest BCUT2D eigenvalue weighted by Crippen LogP contribution is -2.49. The molecule has 4 rings (SSSR count). The molecule has 1 amide bonds. The highest BCUT2D eigenvalue weighted by Gasteiger charge is 2.31. The van der Waals surface area contributed by atoms with Gasteiger partial charge in [0.25, 0.3) is 5.56 Å². The molecular formula is C35H44F2N4O5. The van der Waals surface area contributed by atoms with Crippen molar-refractivity contribution in [3.63, 3.8) is 0 Å². The normalized spacial score (nSPS) is 15.0. The van der Waals surface area contributed by atoms with Crippen molar-refractivity contribution in [1.82, 2.24) is 20.0 Å². The predicted octanol–water partition coefficient (Wildman–Crippen LogP) is 5.41. The highest BCUT2D eigenvalue weighted by Crippen LogP contribution is 2.35. The van der Waals surface area contributed by atoms with E-state index in [0.717, 1.165) is 21.4 Å². The first-order chi connectivity index (χ1) is 21.7. The van der Waals surface area contributed by atoms with E-state index in [4.69, 9.17) is 4.74 Å². The average Bonchev–Trinajstić information content (AvgIpc) is 2.95. The Labute approximate surface area is 268 Å². The van der Waals surface area contributed by atoms with Gasteiger partial charge in [0.05, 0.1) is 25.3 Å². The summed E-state index contributed by atoms with van der Waals surface area (Å²) < 4.78 is 35.7. The number of hydrogen-bond acceptors (Lipinski definition) is 6. The van der Waals surface area contributed by atoms with Gasteiger partial charge in [0.1, 0.15) is 23.8 Å². The molecule has 1 aromatic heterocycles. The zero-order valence-corrected chi connectivity index (χ0v) is 27.6. The molecule has 1 aliphatic heterocycles. The first kappa shape index (κ1) is 34.7. The summed E-state index contributed by atoms with van der Waals surface area (Å²) in [5.74, 6) is -1.82. The third-order valence-electron chi connectivity index (χ3n) is 8.50. The Hall–Kier alpha value is -4.12. The van der Waals surface area contributed by atoms with Crippen molar-refractivity contribution in [2.45, 2.75) is 79.1 Å². The number of likely N-dealkylation sites (tertiary alicyclic amines) is 1. The Morgan fingerprint density at radius 3 is 2.26 bits per heavy atom. The van der Waals surface area contributed by atoms with E-state index in [1.165, 1.54) is 6.07 Å². The molecule has 0 bridgehead atoms. The van der Waals surface area contributed by atoms with E-state index in [2.05, 4.69) is 10.4 Å². The minimum absolute atomic E-state index is 0.0296. The molecule has 0 spiro atoms. The molecule has 1 aliphatic rings. The quantitative estimate of drug-likeness (QED) is 0.258. The van der Waals surface area contributed by atoms with Crippen molar-refractivity contribution in [3.8, 4) is 16.9 Å². The van der Waals surface area contributed by atoms with Crippen LogP contribution in [0.3, 0.4) is 0 Å². The maximum Gasteiger partial charge on any atom is 0.305 e. The molecule has 9 nitrogen and oxygen atoms in total. The van der Waals surface area contributed by atoms with Crippen molar-refractivity contribution in [3.05, 3.63) is 80.0 Å². The molecule has 3 aromatic rings. The summed E-state index contributed by atoms with van der Waals surface area (Å²) in [6, 6.07) is 6.16. The van der Waals surface area contributed by atoms with Crippen LogP contribution in [0.4, 0.5) is 8.78 Å². The number of nitrogens with one attached hydrogen (secondary N) is 1. The van der Waals surface area contributed by atoms with Crippen LogP contribution < -0.4 is 15.6 Å². The minimum Gasteiger partial charge on any atom is -0.497 e. The first-order valence-electron chi connectivity index (χ1n) is 15.6. The van der Waals surface area contributed by atoms with E-state index in [9.17, 15) is 23.9 Å². The fourth-order valence-corrected chi connectivity index (χ4v) is 6.15. The Bertz CT molecular complexity index is 1640. The third kappa shape index (κ3) is 7.99. The lowest BCUT2D eigenvalue weighted by Gasteiger charge is -2.34. The summed E-state index contributed by atoms with van der Waals surface area (Å²) in [5, 5.41) is 17.2. The van der Waals surface area contributed by atoms with Crippen LogP contribution in [0.15, 0.2) is 35.1 Å². The Balaban J connectivity index is 1.72. The van der Waals surface area contributed by atoms with E-state index in [1.807, 2.05) is 44.7 Å². The summed E-state index contributed by atoms with van der Waals surface area (Å²) in [5.41, 5.74) is 4.47. The molecule has 2 N–H and O–H groups in total. The van der Waals surface area contributed by atoms with Gasteiger partial charge in [-0.3, -0.25) is 19.3 Å². The number of rotatable bonds is 13. The van der Waals surface area contributed by atoms with Crippen LogP contribution in [0.2, 0.25) is 0 Å². The van der Waals surface area contributed by atoms with Gasteiger partial charge in [-0.05, 0) is 97.7 Å². The molecule has 11 heteroatoms. The highest BCUT2D eigenvalue weighted by molar-refractivity contribution is 5.82. The van der Waals surface area contributed by atoms with Crippen LogP contribution >= 0.6 is 0 Å². The van der Waals surface area contributed by atoms with E-state index >= 15 is 4.39 Å². The summed E-state index contributed by atoms with van der Waals surface area (Å²) in [7, 11) is 1.58. The fourth-order valence-electron chi connectivity index (χ4n) is 6.15. The van der Waals surface area contributed by atoms with E-state index in [1.54, 1.807) is 33.1 Å². The maximum absolute atomic E-state index is 15.8. The first-order valence-corrected chi connectivity index (χ1v) is 15.6. The second-order valence-electron chi connectivity index (χ2n) is 12.8.